The molecule has 0 radical (unpaired) electrons. The van der Waals surface area contributed by atoms with E-state index in [9.17, 15) is 9.59 Å². The number of carbonyl (C=O) groups excluding carboxylic acids is 2. The van der Waals surface area contributed by atoms with Crippen molar-refractivity contribution in [3.8, 4) is 0 Å². The van der Waals surface area contributed by atoms with Crippen LogP contribution in [0.25, 0.3) is 0 Å². The van der Waals surface area contributed by atoms with Gasteiger partial charge in [0.25, 0.3) is 0 Å². The SMILES string of the molecule is CC[C@H]1O[C@@H]([n+]2cccc(C(=O)OC)c2)C(OC(C)=O)[C@H]1C. The highest BCUT2D eigenvalue weighted by Gasteiger charge is 2.49. The van der Waals surface area contributed by atoms with Crippen LogP contribution >= 0.6 is 0 Å². The molecule has 120 valence electrons. The number of ether oxygens (including phenoxy) is 3. The highest BCUT2D eigenvalue weighted by Crippen LogP contribution is 2.34. The van der Waals surface area contributed by atoms with Gasteiger partial charge < -0.3 is 14.2 Å². The number of aromatic nitrogens is 1. The number of hydrogen-bond donors (Lipinski definition) is 0. The number of hydrogen-bond acceptors (Lipinski definition) is 5. The first-order valence-electron chi connectivity index (χ1n) is 7.39. The van der Waals surface area contributed by atoms with Gasteiger partial charge in [-0.25, -0.2) is 4.79 Å². The third-order valence-electron chi connectivity index (χ3n) is 3.94. The molecule has 0 N–H and O–H groups in total. The Bertz CT molecular complexity index is 559. The Hall–Kier alpha value is -1.95. The van der Waals surface area contributed by atoms with E-state index in [2.05, 4.69) is 0 Å². The molecule has 0 bridgehead atoms. The van der Waals surface area contributed by atoms with E-state index in [4.69, 9.17) is 14.2 Å². The molecular weight excluding hydrogens is 286 g/mol. The van der Waals surface area contributed by atoms with E-state index in [1.54, 1.807) is 29.1 Å². The fraction of sp³-hybridized carbons (Fsp3) is 0.562. The maximum atomic E-state index is 11.7. The van der Waals surface area contributed by atoms with Gasteiger partial charge in [-0.1, -0.05) is 13.8 Å². The Kier molecular flexibility index (Phi) is 5.13. The molecule has 0 saturated carbocycles. The molecule has 4 atom stereocenters. The second-order valence-corrected chi connectivity index (χ2v) is 5.44. The lowest BCUT2D eigenvalue weighted by Crippen LogP contribution is -2.46. The largest absolute Gasteiger partial charge is 0.465 e. The molecule has 2 rings (SSSR count). The number of methoxy groups -OCH3 is 1. The summed E-state index contributed by atoms with van der Waals surface area (Å²) in [6.45, 7) is 5.43. The van der Waals surface area contributed by atoms with Crippen LogP contribution in [0.15, 0.2) is 24.5 Å². The molecule has 1 saturated heterocycles. The Morgan fingerprint density at radius 1 is 1.41 bits per heavy atom. The van der Waals surface area contributed by atoms with Gasteiger partial charge in [-0.2, -0.15) is 4.57 Å². The van der Waals surface area contributed by atoms with Gasteiger partial charge in [-0.15, -0.1) is 0 Å². The quantitative estimate of drug-likeness (QED) is 0.625. The molecule has 22 heavy (non-hydrogen) atoms. The molecule has 0 aliphatic carbocycles. The summed E-state index contributed by atoms with van der Waals surface area (Å²) in [4.78, 5) is 23.0. The summed E-state index contributed by atoms with van der Waals surface area (Å²) in [6.07, 6.45) is 3.43. The van der Waals surface area contributed by atoms with E-state index in [1.165, 1.54) is 14.0 Å². The molecule has 1 aromatic heterocycles. The molecule has 1 aliphatic heterocycles. The normalized spacial score (nSPS) is 27.5. The van der Waals surface area contributed by atoms with Crippen molar-refractivity contribution in [2.24, 2.45) is 5.92 Å². The lowest BCUT2D eigenvalue weighted by Gasteiger charge is -2.17. The predicted octanol–water partition coefficient (Wildman–Crippen LogP) is 1.64. The summed E-state index contributed by atoms with van der Waals surface area (Å²) in [5, 5.41) is 0. The molecule has 1 unspecified atom stereocenters. The van der Waals surface area contributed by atoms with E-state index in [0.29, 0.717) is 5.56 Å². The number of nitrogens with zero attached hydrogens (tertiary/aromatic N) is 1. The topological polar surface area (TPSA) is 65.7 Å². The summed E-state index contributed by atoms with van der Waals surface area (Å²) in [5.41, 5.74) is 0.419. The summed E-state index contributed by atoms with van der Waals surface area (Å²) in [6, 6.07) is 3.41. The smallest absolute Gasteiger partial charge is 0.343 e. The summed E-state index contributed by atoms with van der Waals surface area (Å²) < 4.78 is 18.0. The van der Waals surface area contributed by atoms with Crippen LogP contribution in [-0.2, 0) is 19.0 Å². The summed E-state index contributed by atoms with van der Waals surface area (Å²) in [7, 11) is 1.34. The molecular formula is C16H22NO5+. The number of esters is 2. The third kappa shape index (κ3) is 3.27. The van der Waals surface area contributed by atoms with Crippen LogP contribution in [0.1, 0.15) is 43.8 Å². The summed E-state index contributed by atoms with van der Waals surface area (Å²) in [5.74, 6) is -0.684. The zero-order valence-electron chi connectivity index (χ0n) is 13.3. The standard InChI is InChI=1S/C16H22NO5/c1-5-13-10(2)14(21-11(3)18)15(22-13)17-8-6-7-12(9-17)16(19)20-4/h6-10,13-15H,5H2,1-4H3/q+1/t10-,13+,14?,15+/m0/s1. The zero-order valence-corrected chi connectivity index (χ0v) is 13.3. The van der Waals surface area contributed by atoms with Crippen molar-refractivity contribution in [3.63, 3.8) is 0 Å². The van der Waals surface area contributed by atoms with Crippen LogP contribution in [0.4, 0.5) is 0 Å². The zero-order chi connectivity index (χ0) is 16.3. The van der Waals surface area contributed by atoms with Crippen LogP contribution < -0.4 is 4.57 Å². The highest BCUT2D eigenvalue weighted by molar-refractivity contribution is 5.88. The molecule has 1 aromatic rings. The second-order valence-electron chi connectivity index (χ2n) is 5.44. The highest BCUT2D eigenvalue weighted by atomic mass is 16.6. The van der Waals surface area contributed by atoms with Crippen molar-refractivity contribution in [3.05, 3.63) is 30.1 Å². The fourth-order valence-corrected chi connectivity index (χ4v) is 2.81. The van der Waals surface area contributed by atoms with Crippen molar-refractivity contribution in [1.82, 2.24) is 0 Å². The van der Waals surface area contributed by atoms with Gasteiger partial charge in [-0.3, -0.25) is 4.79 Å². The average Bonchev–Trinajstić information content (AvgIpc) is 2.82. The van der Waals surface area contributed by atoms with Crippen molar-refractivity contribution in [2.75, 3.05) is 7.11 Å². The van der Waals surface area contributed by atoms with Crippen LogP contribution in [0.5, 0.6) is 0 Å². The lowest BCUT2D eigenvalue weighted by molar-refractivity contribution is -0.765. The van der Waals surface area contributed by atoms with Gasteiger partial charge in [0.05, 0.1) is 13.2 Å². The lowest BCUT2D eigenvalue weighted by atomic mass is 9.98. The average molecular weight is 308 g/mol. The fourth-order valence-electron chi connectivity index (χ4n) is 2.81. The van der Waals surface area contributed by atoms with Gasteiger partial charge in [0.1, 0.15) is 5.56 Å². The van der Waals surface area contributed by atoms with Gasteiger partial charge in [0.2, 0.25) is 0 Å². The van der Waals surface area contributed by atoms with Gasteiger partial charge in [-0.05, 0) is 12.5 Å². The Labute approximate surface area is 130 Å². The van der Waals surface area contributed by atoms with Gasteiger partial charge >= 0.3 is 18.2 Å². The summed E-state index contributed by atoms with van der Waals surface area (Å²) >= 11 is 0. The van der Waals surface area contributed by atoms with E-state index in [0.717, 1.165) is 6.42 Å². The molecule has 6 heteroatoms. The minimum atomic E-state index is -0.451. The first-order valence-corrected chi connectivity index (χ1v) is 7.39. The number of pyridine rings is 1. The van der Waals surface area contributed by atoms with Crippen molar-refractivity contribution >= 4 is 11.9 Å². The van der Waals surface area contributed by atoms with E-state index in [-0.39, 0.29) is 24.1 Å². The minimum Gasteiger partial charge on any atom is -0.465 e. The third-order valence-corrected chi connectivity index (χ3v) is 3.94. The first kappa shape index (κ1) is 16.4. The monoisotopic (exact) mass is 308 g/mol. The molecule has 1 fully saturated rings. The maximum Gasteiger partial charge on any atom is 0.343 e. The Morgan fingerprint density at radius 3 is 2.73 bits per heavy atom. The van der Waals surface area contributed by atoms with Crippen molar-refractivity contribution in [2.45, 2.75) is 45.6 Å². The molecule has 0 amide bonds. The number of rotatable bonds is 4. The van der Waals surface area contributed by atoms with Crippen LogP contribution in [0.2, 0.25) is 0 Å². The molecule has 6 nitrogen and oxygen atoms in total. The van der Waals surface area contributed by atoms with Crippen molar-refractivity contribution in [1.29, 1.82) is 0 Å². The molecule has 0 aromatic carbocycles. The van der Waals surface area contributed by atoms with Crippen LogP contribution in [-0.4, -0.2) is 31.3 Å². The van der Waals surface area contributed by atoms with Gasteiger partial charge in [0, 0.05) is 18.9 Å². The Balaban J connectivity index is 2.32. The minimum absolute atomic E-state index is 0.00336. The maximum absolute atomic E-state index is 11.7. The predicted molar refractivity (Wildman–Crippen MR) is 76.9 cm³/mol. The van der Waals surface area contributed by atoms with Crippen LogP contribution in [0.3, 0.4) is 0 Å². The van der Waals surface area contributed by atoms with E-state index in [1.807, 2.05) is 13.8 Å². The van der Waals surface area contributed by atoms with Gasteiger partial charge in [0.15, 0.2) is 18.5 Å². The van der Waals surface area contributed by atoms with Crippen LogP contribution in [0, 0.1) is 5.92 Å². The Morgan fingerprint density at radius 2 is 2.14 bits per heavy atom. The first-order chi connectivity index (χ1) is 10.5. The molecule has 0 spiro atoms. The number of carbonyl (C=O) groups is 2. The van der Waals surface area contributed by atoms with E-state index >= 15 is 0 Å². The molecule has 2 heterocycles. The second kappa shape index (κ2) is 6.87. The van der Waals surface area contributed by atoms with E-state index < -0.39 is 12.2 Å². The molecule has 1 aliphatic rings. The van der Waals surface area contributed by atoms with Crippen molar-refractivity contribution < 1.29 is 28.4 Å².